The predicted octanol–water partition coefficient (Wildman–Crippen LogP) is 4.14. The number of amides is 1. The van der Waals surface area contributed by atoms with Crippen LogP contribution in [0.25, 0.3) is 11.1 Å². The molecule has 0 saturated carbocycles. The van der Waals surface area contributed by atoms with Gasteiger partial charge in [0.15, 0.2) is 0 Å². The fourth-order valence-electron chi connectivity index (χ4n) is 4.18. The van der Waals surface area contributed by atoms with Crippen LogP contribution in [0.5, 0.6) is 0 Å². The van der Waals surface area contributed by atoms with Crippen molar-refractivity contribution in [2.24, 2.45) is 0 Å². The SMILES string of the molecule is CCCCc1nc2n(c(=O)c1Cc1ccc(-c3ccccc3)c(C(=O)OC)c1)C(C)C(=O)N2. The number of rotatable bonds is 7. The molecule has 3 aromatic rings. The summed E-state index contributed by atoms with van der Waals surface area (Å²) in [6.07, 6.45) is 2.80. The summed E-state index contributed by atoms with van der Waals surface area (Å²) in [4.78, 5) is 42.7. The molecule has 1 aliphatic heterocycles. The van der Waals surface area contributed by atoms with Gasteiger partial charge in [0, 0.05) is 12.0 Å². The van der Waals surface area contributed by atoms with E-state index in [0.29, 0.717) is 35.6 Å². The van der Waals surface area contributed by atoms with Gasteiger partial charge in [-0.15, -0.1) is 0 Å². The van der Waals surface area contributed by atoms with Crippen LogP contribution >= 0.6 is 0 Å². The summed E-state index contributed by atoms with van der Waals surface area (Å²) in [7, 11) is 1.36. The van der Waals surface area contributed by atoms with E-state index in [-0.39, 0.29) is 11.5 Å². The molecule has 0 fully saturated rings. The maximum atomic E-state index is 13.4. The standard InChI is InChI=1S/C26H27N3O4/c1-4-5-11-22-21(24(31)29-16(2)23(30)28-26(29)27-22)15-17-12-13-19(18-9-7-6-8-10-18)20(14-17)25(32)33-3/h6-10,12-14,16H,4-5,11,15H2,1-3H3,(H,27,28,30). The lowest BCUT2D eigenvalue weighted by Crippen LogP contribution is -2.28. The fraction of sp³-hybridized carbons (Fsp3) is 0.308. The number of fused-ring (bicyclic) bond motifs is 1. The van der Waals surface area contributed by atoms with Gasteiger partial charge in [-0.05, 0) is 42.5 Å². The topological polar surface area (TPSA) is 90.3 Å². The number of nitrogens with one attached hydrogen (secondary N) is 1. The average molecular weight is 446 g/mol. The summed E-state index contributed by atoms with van der Waals surface area (Å²) in [5, 5.41) is 2.70. The smallest absolute Gasteiger partial charge is 0.338 e. The minimum Gasteiger partial charge on any atom is -0.465 e. The average Bonchev–Trinajstić information content (AvgIpc) is 3.12. The molecule has 1 atom stereocenters. The largest absolute Gasteiger partial charge is 0.465 e. The molecule has 4 rings (SSSR count). The molecule has 0 radical (unpaired) electrons. The van der Waals surface area contributed by atoms with E-state index >= 15 is 0 Å². The number of esters is 1. The summed E-state index contributed by atoms with van der Waals surface area (Å²) >= 11 is 0. The van der Waals surface area contributed by atoms with Gasteiger partial charge in [0.1, 0.15) is 6.04 Å². The van der Waals surface area contributed by atoms with Gasteiger partial charge in [-0.1, -0.05) is 55.8 Å². The van der Waals surface area contributed by atoms with E-state index in [9.17, 15) is 14.4 Å². The minimum atomic E-state index is -0.606. The maximum Gasteiger partial charge on any atom is 0.338 e. The van der Waals surface area contributed by atoms with Crippen LogP contribution in [0, 0.1) is 0 Å². The van der Waals surface area contributed by atoms with Crippen LogP contribution in [-0.2, 0) is 22.4 Å². The normalized spacial score (nSPS) is 14.6. The highest BCUT2D eigenvalue weighted by Gasteiger charge is 2.31. The van der Waals surface area contributed by atoms with Crippen LogP contribution in [0.1, 0.15) is 59.9 Å². The molecular formula is C26H27N3O4. The minimum absolute atomic E-state index is 0.219. The van der Waals surface area contributed by atoms with Crippen molar-refractivity contribution in [3.8, 4) is 11.1 Å². The Bertz CT molecular complexity index is 1260. The van der Waals surface area contributed by atoms with Gasteiger partial charge in [-0.3, -0.25) is 19.5 Å². The first kappa shape index (κ1) is 22.5. The molecule has 0 aliphatic carbocycles. The number of hydrogen-bond acceptors (Lipinski definition) is 5. The van der Waals surface area contributed by atoms with Gasteiger partial charge in [-0.2, -0.15) is 0 Å². The van der Waals surface area contributed by atoms with Gasteiger partial charge < -0.3 is 4.74 Å². The Kier molecular flexibility index (Phi) is 6.40. The summed E-state index contributed by atoms with van der Waals surface area (Å²) in [5.41, 5.74) is 3.94. The maximum absolute atomic E-state index is 13.4. The van der Waals surface area contributed by atoms with Crippen molar-refractivity contribution in [1.82, 2.24) is 9.55 Å². The Labute approximate surface area is 192 Å². The van der Waals surface area contributed by atoms with Crippen LogP contribution < -0.4 is 10.9 Å². The van der Waals surface area contributed by atoms with Crippen LogP contribution in [0.2, 0.25) is 0 Å². The van der Waals surface area contributed by atoms with Crippen LogP contribution in [0.15, 0.2) is 53.3 Å². The van der Waals surface area contributed by atoms with Gasteiger partial charge in [-0.25, -0.2) is 9.78 Å². The van der Waals surface area contributed by atoms with Crippen molar-refractivity contribution in [3.05, 3.63) is 81.3 Å². The van der Waals surface area contributed by atoms with E-state index in [1.165, 1.54) is 11.7 Å². The lowest BCUT2D eigenvalue weighted by Gasteiger charge is -2.14. The van der Waals surface area contributed by atoms with Crippen molar-refractivity contribution < 1.29 is 14.3 Å². The molecule has 0 spiro atoms. The third kappa shape index (κ3) is 4.31. The molecule has 1 aromatic heterocycles. The van der Waals surface area contributed by atoms with E-state index in [0.717, 1.165) is 29.5 Å². The number of carbonyl (C=O) groups excluding carboxylic acids is 2. The third-order valence-corrected chi connectivity index (χ3v) is 6.02. The Morgan fingerprint density at radius 2 is 1.91 bits per heavy atom. The zero-order valence-electron chi connectivity index (χ0n) is 19.1. The number of carbonyl (C=O) groups is 2. The Morgan fingerprint density at radius 3 is 2.61 bits per heavy atom. The number of aryl methyl sites for hydroxylation is 1. The summed E-state index contributed by atoms with van der Waals surface area (Å²) in [5.74, 6) is -0.366. The van der Waals surface area contributed by atoms with Gasteiger partial charge in [0.2, 0.25) is 11.9 Å². The lowest BCUT2D eigenvalue weighted by molar-refractivity contribution is -0.117. The second kappa shape index (κ2) is 9.40. The van der Waals surface area contributed by atoms with Gasteiger partial charge >= 0.3 is 5.97 Å². The van der Waals surface area contributed by atoms with E-state index in [2.05, 4.69) is 17.2 Å². The zero-order chi connectivity index (χ0) is 23.5. The number of methoxy groups -OCH3 is 1. The predicted molar refractivity (Wildman–Crippen MR) is 126 cm³/mol. The third-order valence-electron chi connectivity index (χ3n) is 6.02. The van der Waals surface area contributed by atoms with Crippen molar-refractivity contribution in [2.45, 2.75) is 45.6 Å². The van der Waals surface area contributed by atoms with Crippen LogP contribution in [-0.4, -0.2) is 28.5 Å². The number of aromatic nitrogens is 2. The summed E-state index contributed by atoms with van der Waals surface area (Å²) in [6.45, 7) is 3.77. The van der Waals surface area contributed by atoms with E-state index in [4.69, 9.17) is 4.74 Å². The lowest BCUT2D eigenvalue weighted by atomic mass is 9.94. The molecule has 2 heterocycles. The fourth-order valence-corrected chi connectivity index (χ4v) is 4.18. The van der Waals surface area contributed by atoms with Crippen molar-refractivity contribution in [3.63, 3.8) is 0 Å². The second-order valence-electron chi connectivity index (χ2n) is 8.22. The van der Waals surface area contributed by atoms with E-state index < -0.39 is 12.0 Å². The second-order valence-corrected chi connectivity index (χ2v) is 8.22. The molecule has 0 saturated heterocycles. The van der Waals surface area contributed by atoms with E-state index in [1.54, 1.807) is 13.0 Å². The molecule has 1 amide bonds. The summed E-state index contributed by atoms with van der Waals surface area (Å²) in [6, 6.07) is 14.6. The Morgan fingerprint density at radius 1 is 1.15 bits per heavy atom. The van der Waals surface area contributed by atoms with Crippen molar-refractivity contribution in [1.29, 1.82) is 0 Å². The number of anilines is 1. The molecule has 7 heteroatoms. The first-order chi connectivity index (χ1) is 15.9. The van der Waals surface area contributed by atoms with Crippen molar-refractivity contribution in [2.75, 3.05) is 12.4 Å². The number of nitrogens with zero attached hydrogens (tertiary/aromatic N) is 2. The molecule has 1 N–H and O–H groups in total. The number of benzene rings is 2. The molecule has 0 bridgehead atoms. The molecule has 33 heavy (non-hydrogen) atoms. The molecule has 1 unspecified atom stereocenters. The number of hydrogen-bond donors (Lipinski definition) is 1. The Balaban J connectivity index is 1.79. The molecule has 2 aromatic carbocycles. The van der Waals surface area contributed by atoms with Gasteiger partial charge in [0.25, 0.3) is 5.56 Å². The van der Waals surface area contributed by atoms with Gasteiger partial charge in [0.05, 0.1) is 18.4 Å². The molecule has 1 aliphatic rings. The molecular weight excluding hydrogens is 418 g/mol. The highest BCUT2D eigenvalue weighted by atomic mass is 16.5. The van der Waals surface area contributed by atoms with Crippen molar-refractivity contribution >= 4 is 17.8 Å². The quantitative estimate of drug-likeness (QED) is 0.552. The first-order valence-corrected chi connectivity index (χ1v) is 11.2. The van der Waals surface area contributed by atoms with E-state index in [1.807, 2.05) is 42.5 Å². The number of unbranched alkanes of at least 4 members (excludes halogenated alkanes) is 1. The summed E-state index contributed by atoms with van der Waals surface area (Å²) < 4.78 is 6.45. The monoisotopic (exact) mass is 445 g/mol. The Hall–Kier alpha value is -3.74. The number of ether oxygens (including phenoxy) is 1. The van der Waals surface area contributed by atoms with Crippen LogP contribution in [0.4, 0.5) is 5.95 Å². The highest BCUT2D eigenvalue weighted by Crippen LogP contribution is 2.27. The zero-order valence-corrected chi connectivity index (χ0v) is 19.1. The highest BCUT2D eigenvalue weighted by molar-refractivity contribution is 5.97. The molecule has 170 valence electrons. The molecule has 7 nitrogen and oxygen atoms in total. The van der Waals surface area contributed by atoms with Crippen LogP contribution in [0.3, 0.4) is 0 Å². The first-order valence-electron chi connectivity index (χ1n) is 11.2.